The third kappa shape index (κ3) is 3.09. The Morgan fingerprint density at radius 2 is 1.97 bits per heavy atom. The van der Waals surface area contributed by atoms with Crippen molar-refractivity contribution in [1.29, 1.82) is 0 Å². The van der Waals surface area contributed by atoms with Crippen molar-refractivity contribution in [2.45, 2.75) is 51.6 Å². The van der Waals surface area contributed by atoms with Gasteiger partial charge in [-0.05, 0) is 63.8 Å². The van der Waals surface area contributed by atoms with Gasteiger partial charge in [0, 0.05) is 29.5 Å². The fourth-order valence-electron chi connectivity index (χ4n) is 4.80. The predicted octanol–water partition coefficient (Wildman–Crippen LogP) is 3.40. The minimum Gasteiger partial charge on any atom is -0.454 e. The second-order valence-electron chi connectivity index (χ2n) is 8.46. The third-order valence-electron chi connectivity index (χ3n) is 6.39. The summed E-state index contributed by atoms with van der Waals surface area (Å²) in [4.78, 5) is 39.6. The number of rotatable bonds is 5. The molecular formula is C23H25N3O4. The number of hydrogen-bond acceptors (Lipinski definition) is 5. The number of benzene rings is 1. The first-order valence-electron chi connectivity index (χ1n) is 10.5. The molecule has 3 heterocycles. The van der Waals surface area contributed by atoms with Gasteiger partial charge in [-0.15, -0.1) is 0 Å². The van der Waals surface area contributed by atoms with Crippen molar-refractivity contribution >= 4 is 29.0 Å². The van der Waals surface area contributed by atoms with Crippen molar-refractivity contribution < 1.29 is 19.1 Å². The molecule has 30 heavy (non-hydrogen) atoms. The van der Waals surface area contributed by atoms with Gasteiger partial charge in [0.1, 0.15) is 6.04 Å². The number of ketones is 1. The number of ether oxygens (including phenoxy) is 1. The average molecular weight is 407 g/mol. The summed E-state index contributed by atoms with van der Waals surface area (Å²) < 4.78 is 7.51. The molecule has 1 aromatic carbocycles. The van der Waals surface area contributed by atoms with E-state index in [4.69, 9.17) is 4.74 Å². The number of carbonyl (C=O) groups is 3. The highest BCUT2D eigenvalue weighted by Gasteiger charge is 2.36. The molecule has 3 aliphatic rings. The van der Waals surface area contributed by atoms with E-state index in [9.17, 15) is 14.4 Å². The van der Waals surface area contributed by atoms with Crippen LogP contribution in [0.3, 0.4) is 0 Å². The number of Topliss-reactive ketones (excluding diaryl/α,β-unsaturated/α-hetero) is 1. The minimum atomic E-state index is -0.569. The maximum Gasteiger partial charge on any atom is 0.338 e. The van der Waals surface area contributed by atoms with Gasteiger partial charge in [-0.25, -0.2) is 4.79 Å². The quantitative estimate of drug-likeness (QED) is 0.607. The van der Waals surface area contributed by atoms with E-state index in [1.807, 2.05) is 26.0 Å². The van der Waals surface area contributed by atoms with Crippen LogP contribution in [0.1, 0.15) is 63.8 Å². The maximum absolute atomic E-state index is 12.7. The first-order chi connectivity index (χ1) is 14.4. The summed E-state index contributed by atoms with van der Waals surface area (Å²) in [5, 5.41) is 2.89. The Morgan fingerprint density at radius 3 is 2.73 bits per heavy atom. The van der Waals surface area contributed by atoms with Gasteiger partial charge in [0.05, 0.1) is 16.9 Å². The van der Waals surface area contributed by atoms with E-state index in [-0.39, 0.29) is 24.3 Å². The van der Waals surface area contributed by atoms with Gasteiger partial charge in [-0.1, -0.05) is 0 Å². The zero-order valence-corrected chi connectivity index (χ0v) is 17.2. The average Bonchev–Trinajstić information content (AvgIpc) is 3.33. The van der Waals surface area contributed by atoms with E-state index in [0.717, 1.165) is 49.3 Å². The van der Waals surface area contributed by atoms with Crippen molar-refractivity contribution in [2.75, 3.05) is 23.4 Å². The zero-order chi connectivity index (χ0) is 21.0. The van der Waals surface area contributed by atoms with Gasteiger partial charge < -0.3 is 19.5 Å². The van der Waals surface area contributed by atoms with E-state index in [1.54, 1.807) is 12.1 Å². The molecule has 7 nitrogen and oxygen atoms in total. The fraction of sp³-hybridized carbons (Fsp3) is 0.435. The molecule has 2 aromatic rings. The van der Waals surface area contributed by atoms with Crippen LogP contribution in [0.15, 0.2) is 24.3 Å². The minimum absolute atomic E-state index is 0.0354. The number of fused-ring (bicyclic) bond motifs is 3. The van der Waals surface area contributed by atoms with Crippen LogP contribution in [0, 0.1) is 13.8 Å². The Morgan fingerprint density at radius 1 is 1.17 bits per heavy atom. The highest BCUT2D eigenvalue weighted by molar-refractivity contribution is 6.06. The van der Waals surface area contributed by atoms with Gasteiger partial charge in [0.2, 0.25) is 11.7 Å². The summed E-state index contributed by atoms with van der Waals surface area (Å²) in [5.74, 6) is -0.804. The molecular weight excluding hydrogens is 382 g/mol. The Balaban J connectivity index is 1.28. The van der Waals surface area contributed by atoms with Crippen LogP contribution in [-0.2, 0) is 9.53 Å². The number of aromatic nitrogens is 1. The number of esters is 1. The second-order valence-corrected chi connectivity index (χ2v) is 8.46. The normalized spacial score (nSPS) is 19.9. The fourth-order valence-corrected chi connectivity index (χ4v) is 4.80. The van der Waals surface area contributed by atoms with Crippen LogP contribution in [0.25, 0.3) is 0 Å². The summed E-state index contributed by atoms with van der Waals surface area (Å²) in [7, 11) is 0. The van der Waals surface area contributed by atoms with Crippen LogP contribution < -0.4 is 10.2 Å². The van der Waals surface area contributed by atoms with Gasteiger partial charge in [0.25, 0.3) is 0 Å². The highest BCUT2D eigenvalue weighted by Crippen LogP contribution is 2.39. The maximum atomic E-state index is 12.7. The van der Waals surface area contributed by atoms with Crippen LogP contribution in [-0.4, -0.2) is 41.4 Å². The Hall–Kier alpha value is -3.09. The number of nitrogens with zero attached hydrogens (tertiary/aromatic N) is 2. The summed E-state index contributed by atoms with van der Waals surface area (Å²) in [6.07, 6.45) is 4.11. The molecule has 1 aliphatic carbocycles. The SMILES string of the molecule is Cc1cc(C(=O)COC(=O)c2ccc3c(c2)NC(=O)[C@H]2CCCN32)c(C)n1C1CC1. The lowest BCUT2D eigenvalue weighted by Crippen LogP contribution is -2.43. The molecule has 2 aliphatic heterocycles. The number of hydrogen-bond donors (Lipinski definition) is 1. The number of aryl methyl sites for hydroxylation is 1. The number of carbonyl (C=O) groups excluding carboxylic acids is 3. The molecule has 0 radical (unpaired) electrons. The number of anilines is 2. The lowest BCUT2D eigenvalue weighted by atomic mass is 10.1. The van der Waals surface area contributed by atoms with Gasteiger partial charge >= 0.3 is 5.97 Å². The van der Waals surface area contributed by atoms with E-state index >= 15 is 0 Å². The standard InChI is InChI=1S/C23H25N3O4/c1-13-10-17(14(2)26(13)16-6-7-16)21(27)12-30-23(29)15-5-8-19-18(11-15)24-22(28)20-4-3-9-25(19)20/h5,8,10-11,16,20H,3-4,6-7,9,12H2,1-2H3,(H,24,28)/t20-/m1/s1. The topological polar surface area (TPSA) is 80.6 Å². The molecule has 1 saturated carbocycles. The van der Waals surface area contributed by atoms with E-state index in [1.165, 1.54) is 0 Å². The Bertz CT molecular complexity index is 1070. The summed E-state index contributed by atoms with van der Waals surface area (Å²) in [5.41, 5.74) is 4.49. The molecule has 1 aromatic heterocycles. The lowest BCUT2D eigenvalue weighted by molar-refractivity contribution is -0.117. The molecule has 5 rings (SSSR count). The molecule has 7 heteroatoms. The van der Waals surface area contributed by atoms with E-state index < -0.39 is 5.97 Å². The second kappa shape index (κ2) is 7.00. The Kier molecular flexibility index (Phi) is 4.41. The largest absolute Gasteiger partial charge is 0.454 e. The van der Waals surface area contributed by atoms with Gasteiger partial charge in [-0.2, -0.15) is 0 Å². The van der Waals surface area contributed by atoms with Crippen molar-refractivity contribution in [3.63, 3.8) is 0 Å². The van der Waals surface area contributed by atoms with Crippen molar-refractivity contribution in [1.82, 2.24) is 4.57 Å². The van der Waals surface area contributed by atoms with Crippen LogP contribution >= 0.6 is 0 Å². The highest BCUT2D eigenvalue weighted by atomic mass is 16.5. The summed E-state index contributed by atoms with van der Waals surface area (Å²) in [6, 6.07) is 7.42. The van der Waals surface area contributed by atoms with Crippen LogP contribution in [0.5, 0.6) is 0 Å². The van der Waals surface area contributed by atoms with Crippen molar-refractivity contribution in [3.8, 4) is 0 Å². The molecule has 0 spiro atoms. The van der Waals surface area contributed by atoms with Crippen LogP contribution in [0.4, 0.5) is 11.4 Å². The first kappa shape index (κ1) is 18.9. The molecule has 0 bridgehead atoms. The zero-order valence-electron chi connectivity index (χ0n) is 17.2. The Labute approximate surface area is 175 Å². The molecule has 0 unspecified atom stereocenters. The van der Waals surface area contributed by atoms with Crippen molar-refractivity contribution in [3.05, 3.63) is 46.8 Å². The van der Waals surface area contributed by atoms with E-state index in [2.05, 4.69) is 14.8 Å². The molecule has 1 saturated heterocycles. The monoisotopic (exact) mass is 407 g/mol. The molecule has 1 atom stereocenters. The number of nitrogens with one attached hydrogen (secondary N) is 1. The predicted molar refractivity (Wildman–Crippen MR) is 112 cm³/mol. The number of amides is 1. The van der Waals surface area contributed by atoms with E-state index in [0.29, 0.717) is 22.9 Å². The van der Waals surface area contributed by atoms with Crippen LogP contribution in [0.2, 0.25) is 0 Å². The summed E-state index contributed by atoms with van der Waals surface area (Å²) in [6.45, 7) is 4.48. The molecule has 1 N–H and O–H groups in total. The summed E-state index contributed by atoms with van der Waals surface area (Å²) >= 11 is 0. The van der Waals surface area contributed by atoms with Gasteiger partial charge in [0.15, 0.2) is 6.61 Å². The van der Waals surface area contributed by atoms with Gasteiger partial charge in [-0.3, -0.25) is 9.59 Å². The lowest BCUT2D eigenvalue weighted by Gasteiger charge is -2.33. The smallest absolute Gasteiger partial charge is 0.338 e. The van der Waals surface area contributed by atoms with Crippen molar-refractivity contribution in [2.24, 2.45) is 0 Å². The molecule has 2 fully saturated rings. The molecule has 1 amide bonds. The third-order valence-corrected chi connectivity index (χ3v) is 6.39. The molecule has 156 valence electrons. The first-order valence-corrected chi connectivity index (χ1v) is 10.5.